The van der Waals surface area contributed by atoms with Gasteiger partial charge in [-0.15, -0.1) is 0 Å². The Hall–Kier alpha value is -4.58. The van der Waals surface area contributed by atoms with Crippen molar-refractivity contribution in [2.45, 2.75) is 45.6 Å². The molecule has 0 bridgehead atoms. The molecule has 4 rings (SSSR count). The Balaban J connectivity index is 1.51. The maximum absolute atomic E-state index is 13.5. The molecule has 0 aliphatic carbocycles. The van der Waals surface area contributed by atoms with E-state index in [2.05, 4.69) is 10.3 Å². The number of carbonyl (C=O) groups is 3. The molecule has 1 unspecified atom stereocenters. The fraction of sp³-hybridized carbons (Fsp3) is 0.400. The van der Waals surface area contributed by atoms with Crippen molar-refractivity contribution in [3.8, 4) is 5.75 Å². The molecule has 0 radical (unpaired) electrons. The van der Waals surface area contributed by atoms with Crippen LogP contribution in [0.15, 0.2) is 64.8 Å². The number of nitrogens with one attached hydrogen (secondary N) is 1. The standard InChI is InChI=1S/C30H33N3O9/c1-18-26(29(35)41-15-14-40-24-11-9-22(10-12-24)32-20(3)34)28(21-6-4-7-23(16-21)33(37)38)27(19(2)31-18)30(36)42-17-25-8-5-13-39-25/h4,6-7,9-12,16,25-26,28H,5,8,13-15,17H2,1-3H3,(H,32,34)/t25-,26?,28+/m0/s1. The number of hydrogen-bond donors (Lipinski definition) is 1. The number of esters is 2. The van der Waals surface area contributed by atoms with Crippen LogP contribution in [0.3, 0.4) is 0 Å². The van der Waals surface area contributed by atoms with E-state index in [9.17, 15) is 24.5 Å². The minimum Gasteiger partial charge on any atom is -0.490 e. The van der Waals surface area contributed by atoms with Gasteiger partial charge in [-0.05, 0) is 56.5 Å². The molecule has 0 spiro atoms. The van der Waals surface area contributed by atoms with Crippen LogP contribution >= 0.6 is 0 Å². The molecule has 2 aliphatic heterocycles. The number of carbonyl (C=O) groups excluding carboxylic acids is 3. The van der Waals surface area contributed by atoms with Gasteiger partial charge in [0.05, 0.1) is 16.6 Å². The van der Waals surface area contributed by atoms with Gasteiger partial charge in [-0.3, -0.25) is 24.7 Å². The van der Waals surface area contributed by atoms with Crippen molar-refractivity contribution in [3.63, 3.8) is 0 Å². The van der Waals surface area contributed by atoms with Crippen molar-refractivity contribution in [1.29, 1.82) is 0 Å². The van der Waals surface area contributed by atoms with Gasteiger partial charge >= 0.3 is 11.9 Å². The zero-order chi connectivity index (χ0) is 30.2. The molecule has 2 heterocycles. The summed E-state index contributed by atoms with van der Waals surface area (Å²) in [7, 11) is 0. The molecule has 2 aromatic rings. The number of non-ortho nitro benzene ring substituents is 1. The molecule has 1 N–H and O–H groups in total. The molecule has 222 valence electrons. The molecule has 42 heavy (non-hydrogen) atoms. The lowest BCUT2D eigenvalue weighted by Crippen LogP contribution is -2.37. The van der Waals surface area contributed by atoms with Gasteiger partial charge in [0.25, 0.3) is 5.69 Å². The average Bonchev–Trinajstić information content (AvgIpc) is 3.48. The van der Waals surface area contributed by atoms with E-state index in [0.717, 1.165) is 12.8 Å². The van der Waals surface area contributed by atoms with Crippen LogP contribution < -0.4 is 10.1 Å². The van der Waals surface area contributed by atoms with Crippen LogP contribution in [0.25, 0.3) is 0 Å². The number of hydrogen-bond acceptors (Lipinski definition) is 10. The molecule has 12 heteroatoms. The summed E-state index contributed by atoms with van der Waals surface area (Å²) in [6.07, 6.45) is 1.44. The zero-order valence-electron chi connectivity index (χ0n) is 23.7. The highest BCUT2D eigenvalue weighted by Gasteiger charge is 2.43. The van der Waals surface area contributed by atoms with E-state index >= 15 is 0 Å². The van der Waals surface area contributed by atoms with Crippen molar-refractivity contribution in [2.24, 2.45) is 10.9 Å². The third-order valence-electron chi connectivity index (χ3n) is 6.94. The van der Waals surface area contributed by atoms with Gasteiger partial charge in [0.15, 0.2) is 0 Å². The van der Waals surface area contributed by atoms with Crippen molar-refractivity contribution in [2.75, 3.05) is 31.7 Å². The molecular formula is C30H33N3O9. The Morgan fingerprint density at radius 1 is 1.10 bits per heavy atom. The molecule has 0 aromatic heterocycles. The van der Waals surface area contributed by atoms with Gasteiger partial charge in [-0.2, -0.15) is 0 Å². The average molecular weight is 580 g/mol. The summed E-state index contributed by atoms with van der Waals surface area (Å²) >= 11 is 0. The van der Waals surface area contributed by atoms with Crippen LogP contribution in [0.2, 0.25) is 0 Å². The highest BCUT2D eigenvalue weighted by molar-refractivity contribution is 6.07. The smallest absolute Gasteiger partial charge is 0.336 e. The van der Waals surface area contributed by atoms with Gasteiger partial charge in [0.1, 0.15) is 31.5 Å². The van der Waals surface area contributed by atoms with E-state index in [0.29, 0.717) is 35.0 Å². The van der Waals surface area contributed by atoms with E-state index in [1.165, 1.54) is 25.1 Å². The first-order valence-corrected chi connectivity index (χ1v) is 13.6. The molecule has 2 aliphatic rings. The van der Waals surface area contributed by atoms with Crippen molar-refractivity contribution in [1.82, 2.24) is 0 Å². The van der Waals surface area contributed by atoms with Crippen molar-refractivity contribution in [3.05, 3.63) is 75.5 Å². The number of nitro groups is 1. The minimum absolute atomic E-state index is 0.0424. The van der Waals surface area contributed by atoms with Crippen LogP contribution in [0, 0.1) is 16.0 Å². The molecule has 3 atom stereocenters. The summed E-state index contributed by atoms with van der Waals surface area (Å²) in [6.45, 7) is 5.31. The molecule has 1 fully saturated rings. The number of aliphatic imine (C=N–C) groups is 1. The van der Waals surface area contributed by atoms with E-state index in [4.69, 9.17) is 18.9 Å². The lowest BCUT2D eigenvalue weighted by Gasteiger charge is -2.31. The lowest BCUT2D eigenvalue weighted by molar-refractivity contribution is -0.384. The maximum Gasteiger partial charge on any atom is 0.336 e. The van der Waals surface area contributed by atoms with Crippen molar-refractivity contribution < 1.29 is 38.3 Å². The summed E-state index contributed by atoms with van der Waals surface area (Å²) < 4.78 is 22.3. The Bertz CT molecular complexity index is 1390. The predicted octanol–water partition coefficient (Wildman–Crippen LogP) is 4.35. The maximum atomic E-state index is 13.5. The topological polar surface area (TPSA) is 156 Å². The van der Waals surface area contributed by atoms with Gasteiger partial charge in [-0.25, -0.2) is 4.79 Å². The Labute approximate surface area is 242 Å². The normalized spacial score (nSPS) is 20.0. The number of benzene rings is 2. The monoisotopic (exact) mass is 579 g/mol. The van der Waals surface area contributed by atoms with Crippen LogP contribution in [0.4, 0.5) is 11.4 Å². The zero-order valence-corrected chi connectivity index (χ0v) is 23.7. The highest BCUT2D eigenvalue weighted by Crippen LogP contribution is 2.41. The van der Waals surface area contributed by atoms with Gasteiger partial charge in [0.2, 0.25) is 5.91 Å². The first-order valence-electron chi connectivity index (χ1n) is 13.6. The fourth-order valence-corrected chi connectivity index (χ4v) is 5.05. The highest BCUT2D eigenvalue weighted by atomic mass is 16.6. The third kappa shape index (κ3) is 7.58. The van der Waals surface area contributed by atoms with E-state index in [-0.39, 0.29) is 43.1 Å². The number of amides is 1. The Morgan fingerprint density at radius 3 is 2.52 bits per heavy atom. The van der Waals surface area contributed by atoms with E-state index in [1.807, 2.05) is 0 Å². The predicted molar refractivity (Wildman–Crippen MR) is 152 cm³/mol. The largest absolute Gasteiger partial charge is 0.490 e. The molecular weight excluding hydrogens is 546 g/mol. The van der Waals surface area contributed by atoms with Gasteiger partial charge in [-0.1, -0.05) is 12.1 Å². The second-order valence-corrected chi connectivity index (χ2v) is 10.0. The van der Waals surface area contributed by atoms with E-state index in [1.54, 1.807) is 44.2 Å². The van der Waals surface area contributed by atoms with Crippen LogP contribution in [-0.2, 0) is 28.6 Å². The number of rotatable bonds is 11. The second kappa shape index (κ2) is 13.9. The number of nitrogens with zero attached hydrogens (tertiary/aromatic N) is 2. The second-order valence-electron chi connectivity index (χ2n) is 10.0. The molecule has 2 aromatic carbocycles. The lowest BCUT2D eigenvalue weighted by atomic mass is 9.75. The minimum atomic E-state index is -1.03. The number of ether oxygens (including phenoxy) is 4. The first kappa shape index (κ1) is 30.4. The molecule has 1 saturated heterocycles. The van der Waals surface area contributed by atoms with E-state index < -0.39 is 28.7 Å². The van der Waals surface area contributed by atoms with Gasteiger partial charge in [0, 0.05) is 48.7 Å². The van der Waals surface area contributed by atoms with Crippen molar-refractivity contribution >= 4 is 34.9 Å². The Morgan fingerprint density at radius 2 is 1.86 bits per heavy atom. The third-order valence-corrected chi connectivity index (χ3v) is 6.94. The van der Waals surface area contributed by atoms with Crippen LogP contribution in [0.1, 0.15) is 45.1 Å². The molecule has 0 saturated carbocycles. The van der Waals surface area contributed by atoms with Crippen LogP contribution in [0.5, 0.6) is 5.75 Å². The Kier molecular flexibility index (Phi) is 10.0. The fourth-order valence-electron chi connectivity index (χ4n) is 5.05. The number of nitro benzene ring substituents is 1. The van der Waals surface area contributed by atoms with Crippen LogP contribution in [-0.4, -0.2) is 61.0 Å². The summed E-state index contributed by atoms with van der Waals surface area (Å²) in [5.41, 5.74) is 1.72. The molecule has 12 nitrogen and oxygen atoms in total. The summed E-state index contributed by atoms with van der Waals surface area (Å²) in [5.74, 6) is -2.95. The quantitative estimate of drug-likeness (QED) is 0.177. The summed E-state index contributed by atoms with van der Waals surface area (Å²) in [4.78, 5) is 53.6. The first-order chi connectivity index (χ1) is 20.1. The number of allylic oxidation sites excluding steroid dienone is 1. The number of anilines is 1. The SMILES string of the molecule is CC(=O)Nc1ccc(OCCOC(=O)C2C(C)=NC(C)=C(C(=O)OC[C@@H]3CCCO3)[C@@H]2c2cccc([N+](=O)[O-])c2)cc1. The molecule has 1 amide bonds. The summed E-state index contributed by atoms with van der Waals surface area (Å²) in [5, 5.41) is 14.2. The summed E-state index contributed by atoms with van der Waals surface area (Å²) in [6, 6.07) is 12.5. The van der Waals surface area contributed by atoms with Gasteiger partial charge < -0.3 is 24.3 Å².